The molecule has 0 radical (unpaired) electrons. The van der Waals surface area contributed by atoms with Gasteiger partial charge >= 0.3 is 0 Å². The first-order valence-corrected chi connectivity index (χ1v) is 8.86. The normalized spacial score (nSPS) is 11.2. The summed E-state index contributed by atoms with van der Waals surface area (Å²) < 4.78 is 0. The maximum atomic E-state index is 4.63. The largest absolute Gasteiger partial charge is 0.370 e. The van der Waals surface area contributed by atoms with Crippen LogP contribution in [0.3, 0.4) is 0 Å². The Morgan fingerprint density at radius 2 is 1.65 bits per heavy atom. The number of nitrogens with zero attached hydrogens (tertiary/aromatic N) is 3. The maximum absolute atomic E-state index is 4.63. The second kappa shape index (κ2) is 7.95. The minimum Gasteiger partial charge on any atom is -0.370 e. The molecule has 1 aromatic carbocycles. The molecule has 0 atom stereocenters. The van der Waals surface area contributed by atoms with Crippen molar-refractivity contribution >= 4 is 11.8 Å². The molecule has 0 unspecified atom stereocenters. The highest BCUT2D eigenvalue weighted by Crippen LogP contribution is 2.21. The summed E-state index contributed by atoms with van der Waals surface area (Å²) in [5.74, 6) is 1.39. The Kier molecular flexibility index (Phi) is 5.46. The number of hydrogen-bond donors (Lipinski definition) is 2. The van der Waals surface area contributed by atoms with Gasteiger partial charge in [-0.15, -0.1) is 0 Å². The van der Waals surface area contributed by atoms with Crippen LogP contribution in [0.1, 0.15) is 26.3 Å². The van der Waals surface area contributed by atoms with E-state index in [1.165, 1.54) is 5.56 Å². The van der Waals surface area contributed by atoms with Crippen LogP contribution in [0.4, 0.5) is 11.8 Å². The summed E-state index contributed by atoms with van der Waals surface area (Å²) in [4.78, 5) is 13.7. The molecule has 0 saturated heterocycles. The van der Waals surface area contributed by atoms with E-state index in [1.54, 1.807) is 6.20 Å². The Balaban J connectivity index is 1.80. The molecule has 0 bridgehead atoms. The lowest BCUT2D eigenvalue weighted by Crippen LogP contribution is -2.27. The van der Waals surface area contributed by atoms with E-state index in [-0.39, 0.29) is 5.54 Å². The first-order chi connectivity index (χ1) is 12.5. The summed E-state index contributed by atoms with van der Waals surface area (Å²) in [5.41, 5.74) is 2.81. The lowest BCUT2D eigenvalue weighted by atomic mass is 10.1. The van der Waals surface area contributed by atoms with Crippen molar-refractivity contribution in [1.29, 1.82) is 0 Å². The van der Waals surface area contributed by atoms with Gasteiger partial charge in [-0.2, -0.15) is 4.98 Å². The van der Waals surface area contributed by atoms with Crippen molar-refractivity contribution in [3.63, 3.8) is 0 Å². The first-order valence-electron chi connectivity index (χ1n) is 8.86. The molecule has 26 heavy (non-hydrogen) atoms. The Hall–Kier alpha value is -2.95. The third kappa shape index (κ3) is 5.28. The molecule has 5 heteroatoms. The van der Waals surface area contributed by atoms with E-state index in [9.17, 15) is 0 Å². The molecule has 0 amide bonds. The average Bonchev–Trinajstić information content (AvgIpc) is 2.62. The fourth-order valence-corrected chi connectivity index (χ4v) is 2.55. The van der Waals surface area contributed by atoms with Crippen molar-refractivity contribution in [2.24, 2.45) is 0 Å². The van der Waals surface area contributed by atoms with Crippen LogP contribution < -0.4 is 10.6 Å². The molecule has 3 rings (SSSR count). The average molecular weight is 347 g/mol. The second-order valence-electron chi connectivity index (χ2n) is 7.21. The number of nitrogens with one attached hydrogen (secondary N) is 2. The first kappa shape index (κ1) is 17.9. The van der Waals surface area contributed by atoms with E-state index in [0.717, 1.165) is 30.2 Å². The molecule has 0 saturated carbocycles. The molecule has 0 spiro atoms. The van der Waals surface area contributed by atoms with E-state index in [4.69, 9.17) is 0 Å². The zero-order chi connectivity index (χ0) is 18.4. The molecular weight excluding hydrogens is 322 g/mol. The van der Waals surface area contributed by atoms with E-state index in [0.29, 0.717) is 5.95 Å². The molecule has 0 aliphatic rings. The molecule has 3 aromatic rings. The third-order valence-electron chi connectivity index (χ3n) is 3.70. The van der Waals surface area contributed by atoms with Gasteiger partial charge in [0.1, 0.15) is 5.82 Å². The molecule has 2 N–H and O–H groups in total. The fraction of sp³-hybridized carbons (Fsp3) is 0.286. The zero-order valence-corrected chi connectivity index (χ0v) is 15.5. The van der Waals surface area contributed by atoms with Crippen LogP contribution in [0.25, 0.3) is 11.4 Å². The predicted molar refractivity (Wildman–Crippen MR) is 107 cm³/mol. The van der Waals surface area contributed by atoms with Crippen LogP contribution >= 0.6 is 0 Å². The van der Waals surface area contributed by atoms with E-state index >= 15 is 0 Å². The molecule has 2 aromatic heterocycles. The number of anilines is 2. The van der Waals surface area contributed by atoms with Gasteiger partial charge in [0.25, 0.3) is 0 Å². The maximum Gasteiger partial charge on any atom is 0.225 e. The highest BCUT2D eigenvalue weighted by molar-refractivity contribution is 5.61. The minimum absolute atomic E-state index is 0.121. The van der Waals surface area contributed by atoms with Gasteiger partial charge in [-0.05, 0) is 44.9 Å². The number of aromatic nitrogens is 3. The second-order valence-corrected chi connectivity index (χ2v) is 7.21. The molecule has 0 fully saturated rings. The standard InChI is InChI=1S/C21H25N5/c1-21(2,3)26-20-24-18(17-11-7-8-13-22-17)15-19(25-20)23-14-12-16-9-5-4-6-10-16/h4-11,13,15H,12,14H2,1-3H3,(H2,23,24,25,26). The van der Waals surface area contributed by atoms with E-state index in [2.05, 4.69) is 70.6 Å². The zero-order valence-electron chi connectivity index (χ0n) is 15.5. The summed E-state index contributed by atoms with van der Waals surface area (Å²) >= 11 is 0. The van der Waals surface area contributed by atoms with Crippen LogP contribution in [0, 0.1) is 0 Å². The molecule has 2 heterocycles. The smallest absolute Gasteiger partial charge is 0.225 e. The van der Waals surface area contributed by atoms with Crippen molar-refractivity contribution in [2.75, 3.05) is 17.2 Å². The van der Waals surface area contributed by atoms with Gasteiger partial charge < -0.3 is 10.6 Å². The van der Waals surface area contributed by atoms with Crippen molar-refractivity contribution in [2.45, 2.75) is 32.7 Å². The van der Waals surface area contributed by atoms with Crippen molar-refractivity contribution in [1.82, 2.24) is 15.0 Å². The quantitative estimate of drug-likeness (QED) is 0.692. The fourth-order valence-electron chi connectivity index (χ4n) is 2.55. The van der Waals surface area contributed by atoms with Crippen LogP contribution in [0.5, 0.6) is 0 Å². The van der Waals surface area contributed by atoms with Gasteiger partial charge in [0.15, 0.2) is 0 Å². The molecule has 0 aliphatic carbocycles. The van der Waals surface area contributed by atoms with Gasteiger partial charge in [0, 0.05) is 24.3 Å². The molecule has 5 nitrogen and oxygen atoms in total. The molecular formula is C21H25N5. The summed E-state index contributed by atoms with van der Waals surface area (Å²) in [7, 11) is 0. The summed E-state index contributed by atoms with van der Waals surface area (Å²) in [6.07, 6.45) is 2.71. The summed E-state index contributed by atoms with van der Waals surface area (Å²) in [6, 6.07) is 18.2. The van der Waals surface area contributed by atoms with Crippen molar-refractivity contribution in [3.05, 3.63) is 66.4 Å². The molecule has 134 valence electrons. The van der Waals surface area contributed by atoms with Gasteiger partial charge in [-0.1, -0.05) is 36.4 Å². The Bertz CT molecular complexity index is 826. The Morgan fingerprint density at radius 3 is 2.35 bits per heavy atom. The highest BCUT2D eigenvalue weighted by atomic mass is 15.2. The monoisotopic (exact) mass is 347 g/mol. The van der Waals surface area contributed by atoms with Crippen LogP contribution in [0.2, 0.25) is 0 Å². The number of hydrogen-bond acceptors (Lipinski definition) is 5. The van der Waals surface area contributed by atoms with Crippen molar-refractivity contribution < 1.29 is 0 Å². The highest BCUT2D eigenvalue weighted by Gasteiger charge is 2.14. The van der Waals surface area contributed by atoms with E-state index in [1.807, 2.05) is 30.3 Å². The number of pyridine rings is 1. The van der Waals surface area contributed by atoms with Crippen LogP contribution in [-0.2, 0) is 6.42 Å². The number of benzene rings is 1. The SMILES string of the molecule is CC(C)(C)Nc1nc(NCCc2ccccc2)cc(-c2ccccn2)n1. The van der Waals surface area contributed by atoms with Gasteiger partial charge in [0.05, 0.1) is 11.4 Å². The lowest BCUT2D eigenvalue weighted by Gasteiger charge is -2.21. The predicted octanol–water partition coefficient (Wildman–Crippen LogP) is 4.40. The lowest BCUT2D eigenvalue weighted by molar-refractivity contribution is 0.626. The van der Waals surface area contributed by atoms with Crippen LogP contribution in [-0.4, -0.2) is 27.0 Å². The summed E-state index contributed by atoms with van der Waals surface area (Å²) in [5, 5.41) is 6.76. The number of rotatable bonds is 6. The van der Waals surface area contributed by atoms with E-state index < -0.39 is 0 Å². The Labute approximate surface area is 154 Å². The summed E-state index contributed by atoms with van der Waals surface area (Å²) in [6.45, 7) is 7.07. The van der Waals surface area contributed by atoms with Gasteiger partial charge in [0.2, 0.25) is 5.95 Å². The minimum atomic E-state index is -0.121. The van der Waals surface area contributed by atoms with Gasteiger partial charge in [-0.25, -0.2) is 4.98 Å². The molecule has 0 aliphatic heterocycles. The topological polar surface area (TPSA) is 62.7 Å². The third-order valence-corrected chi connectivity index (χ3v) is 3.70. The Morgan fingerprint density at radius 1 is 0.885 bits per heavy atom. The van der Waals surface area contributed by atoms with Crippen LogP contribution in [0.15, 0.2) is 60.8 Å². The van der Waals surface area contributed by atoms with Gasteiger partial charge in [-0.3, -0.25) is 4.98 Å². The van der Waals surface area contributed by atoms with Crippen molar-refractivity contribution in [3.8, 4) is 11.4 Å².